The highest BCUT2D eigenvalue weighted by Crippen LogP contribution is 2.46. The van der Waals surface area contributed by atoms with Gasteiger partial charge in [0.25, 0.3) is 0 Å². The lowest BCUT2D eigenvalue weighted by molar-refractivity contribution is -0.123. The second-order valence-corrected chi connectivity index (χ2v) is 5.23. The molecule has 3 rings (SSSR count). The van der Waals surface area contributed by atoms with Crippen molar-refractivity contribution in [2.45, 2.75) is 25.7 Å². The Morgan fingerprint density at radius 3 is 2.88 bits per heavy atom. The normalized spacial score (nSPS) is 36.6. The molecule has 1 fully saturated rings. The predicted octanol–water partition coefficient (Wildman–Crippen LogP) is 0.890. The van der Waals surface area contributed by atoms with Crippen LogP contribution in [0.15, 0.2) is 16.9 Å². The van der Waals surface area contributed by atoms with E-state index in [9.17, 15) is 4.79 Å². The average molecular weight is 219 g/mol. The van der Waals surface area contributed by atoms with Gasteiger partial charge in [-0.15, -0.1) is 0 Å². The van der Waals surface area contributed by atoms with Crippen molar-refractivity contribution in [1.82, 2.24) is 4.90 Å². The lowest BCUT2D eigenvalue weighted by atomic mass is 9.71. The molecule has 0 bridgehead atoms. The second-order valence-electron chi connectivity index (χ2n) is 5.23. The molecule has 4 nitrogen and oxygen atoms in total. The van der Waals surface area contributed by atoms with E-state index >= 15 is 0 Å². The summed E-state index contributed by atoms with van der Waals surface area (Å²) < 4.78 is 0. The maximum Gasteiger partial charge on any atom is 0.220 e. The number of nitrogens with zero attached hydrogens (tertiary/aromatic N) is 2. The highest BCUT2D eigenvalue weighted by atomic mass is 16.1. The minimum atomic E-state index is -0.126. The minimum Gasteiger partial charge on any atom is -0.369 e. The summed E-state index contributed by atoms with van der Waals surface area (Å²) in [5.41, 5.74) is 5.63. The van der Waals surface area contributed by atoms with Crippen LogP contribution in [0.5, 0.6) is 0 Å². The first kappa shape index (κ1) is 9.87. The summed E-state index contributed by atoms with van der Waals surface area (Å²) in [6, 6.07) is 0. The van der Waals surface area contributed by atoms with E-state index in [4.69, 9.17) is 5.73 Å². The Kier molecular flexibility index (Phi) is 2.06. The van der Waals surface area contributed by atoms with Gasteiger partial charge in [0.15, 0.2) is 0 Å². The Labute approximate surface area is 95.2 Å². The standard InChI is InChI=1S/C12H17N3O/c13-11(16)9-1-3-12(4-2-9)7-10-14-5-6-15(10)8-12/h5,7,9H,1-4,6,8H2,(H2,13,16). The van der Waals surface area contributed by atoms with Crippen LogP contribution in [0, 0.1) is 11.3 Å². The molecule has 16 heavy (non-hydrogen) atoms. The molecule has 1 aliphatic carbocycles. The second kappa shape index (κ2) is 3.34. The van der Waals surface area contributed by atoms with Gasteiger partial charge >= 0.3 is 0 Å². The summed E-state index contributed by atoms with van der Waals surface area (Å²) in [6.45, 7) is 2.03. The first-order valence-corrected chi connectivity index (χ1v) is 5.98. The summed E-state index contributed by atoms with van der Waals surface area (Å²) in [6.07, 6.45) is 8.32. The number of carbonyl (C=O) groups is 1. The lowest BCUT2D eigenvalue weighted by Crippen LogP contribution is -2.36. The maximum absolute atomic E-state index is 11.1. The lowest BCUT2D eigenvalue weighted by Gasteiger charge is -2.35. The van der Waals surface area contributed by atoms with Gasteiger partial charge in [-0.1, -0.05) is 0 Å². The van der Waals surface area contributed by atoms with Crippen molar-refractivity contribution in [3.63, 3.8) is 0 Å². The number of aliphatic imine (C=N–C) groups is 1. The highest BCUT2D eigenvalue weighted by Gasteiger charge is 2.42. The summed E-state index contributed by atoms with van der Waals surface area (Å²) in [7, 11) is 0. The number of hydrogen-bond acceptors (Lipinski definition) is 3. The molecule has 1 spiro atoms. The third-order valence-corrected chi connectivity index (χ3v) is 4.17. The van der Waals surface area contributed by atoms with Gasteiger partial charge in [0, 0.05) is 24.1 Å². The van der Waals surface area contributed by atoms with Crippen molar-refractivity contribution in [2.24, 2.45) is 22.1 Å². The number of rotatable bonds is 1. The summed E-state index contributed by atoms with van der Waals surface area (Å²) in [5.74, 6) is 1.11. The summed E-state index contributed by atoms with van der Waals surface area (Å²) in [5, 5.41) is 0. The van der Waals surface area contributed by atoms with Gasteiger partial charge in [-0.05, 0) is 31.8 Å². The zero-order valence-electron chi connectivity index (χ0n) is 9.35. The van der Waals surface area contributed by atoms with E-state index in [1.807, 2.05) is 6.21 Å². The SMILES string of the molecule is NC(=O)C1CCC2(C=C3N=CCN3C2)CC1. The van der Waals surface area contributed by atoms with Crippen molar-refractivity contribution < 1.29 is 4.79 Å². The Bertz CT molecular complexity index is 378. The molecule has 2 heterocycles. The number of carbonyl (C=O) groups excluding carboxylic acids is 1. The predicted molar refractivity (Wildman–Crippen MR) is 61.7 cm³/mol. The number of nitrogens with two attached hydrogens (primary N) is 1. The molecule has 86 valence electrons. The van der Waals surface area contributed by atoms with Crippen LogP contribution in [0.3, 0.4) is 0 Å². The molecule has 0 radical (unpaired) electrons. The van der Waals surface area contributed by atoms with Gasteiger partial charge in [0.2, 0.25) is 5.91 Å². The van der Waals surface area contributed by atoms with E-state index in [0.29, 0.717) is 0 Å². The quantitative estimate of drug-likeness (QED) is 0.712. The Morgan fingerprint density at radius 1 is 1.50 bits per heavy atom. The van der Waals surface area contributed by atoms with E-state index < -0.39 is 0 Å². The van der Waals surface area contributed by atoms with Crippen molar-refractivity contribution in [3.05, 3.63) is 11.9 Å². The van der Waals surface area contributed by atoms with Crippen LogP contribution < -0.4 is 5.73 Å². The van der Waals surface area contributed by atoms with Crippen molar-refractivity contribution in [3.8, 4) is 0 Å². The molecule has 0 aromatic heterocycles. The van der Waals surface area contributed by atoms with Crippen LogP contribution in [-0.2, 0) is 4.79 Å². The number of hydrogen-bond donors (Lipinski definition) is 1. The molecule has 4 heteroatoms. The Balaban J connectivity index is 1.72. The molecule has 3 aliphatic rings. The Hall–Kier alpha value is -1.32. The van der Waals surface area contributed by atoms with E-state index in [1.54, 1.807) is 0 Å². The van der Waals surface area contributed by atoms with Gasteiger partial charge in [-0.25, -0.2) is 4.99 Å². The first-order chi connectivity index (χ1) is 7.69. The van der Waals surface area contributed by atoms with Crippen molar-refractivity contribution in [1.29, 1.82) is 0 Å². The fourth-order valence-electron chi connectivity index (χ4n) is 3.16. The number of fused-ring (bicyclic) bond motifs is 1. The highest BCUT2D eigenvalue weighted by molar-refractivity contribution is 5.76. The summed E-state index contributed by atoms with van der Waals surface area (Å²) >= 11 is 0. The van der Waals surface area contributed by atoms with Crippen LogP contribution in [0.2, 0.25) is 0 Å². The van der Waals surface area contributed by atoms with Gasteiger partial charge in [0.05, 0.1) is 6.54 Å². The number of primary amides is 1. The zero-order chi connectivity index (χ0) is 11.2. The van der Waals surface area contributed by atoms with Gasteiger partial charge in [-0.3, -0.25) is 4.79 Å². The molecule has 0 unspecified atom stereocenters. The van der Waals surface area contributed by atoms with Gasteiger partial charge < -0.3 is 10.6 Å². The topological polar surface area (TPSA) is 58.7 Å². The minimum absolute atomic E-state index is 0.1000. The molecule has 1 amide bonds. The maximum atomic E-state index is 11.1. The monoisotopic (exact) mass is 219 g/mol. The molecule has 2 aliphatic heterocycles. The smallest absolute Gasteiger partial charge is 0.220 e. The third-order valence-electron chi connectivity index (χ3n) is 4.17. The molecular formula is C12H17N3O. The van der Waals surface area contributed by atoms with Crippen LogP contribution in [0.4, 0.5) is 0 Å². The van der Waals surface area contributed by atoms with E-state index in [-0.39, 0.29) is 17.2 Å². The zero-order valence-corrected chi connectivity index (χ0v) is 9.35. The van der Waals surface area contributed by atoms with Crippen LogP contribution in [-0.4, -0.2) is 30.1 Å². The molecule has 0 atom stereocenters. The molecule has 0 aromatic rings. The summed E-state index contributed by atoms with van der Waals surface area (Å²) in [4.78, 5) is 17.8. The van der Waals surface area contributed by atoms with E-state index in [1.165, 1.54) is 0 Å². The molecule has 2 N–H and O–H groups in total. The van der Waals surface area contributed by atoms with E-state index in [2.05, 4.69) is 16.0 Å². The molecule has 0 saturated heterocycles. The van der Waals surface area contributed by atoms with Gasteiger partial charge in [0.1, 0.15) is 5.82 Å². The fourth-order valence-corrected chi connectivity index (χ4v) is 3.16. The fraction of sp³-hybridized carbons (Fsp3) is 0.667. The van der Waals surface area contributed by atoms with Crippen LogP contribution >= 0.6 is 0 Å². The molecule has 0 aromatic carbocycles. The van der Waals surface area contributed by atoms with E-state index in [0.717, 1.165) is 44.6 Å². The van der Waals surface area contributed by atoms with Crippen molar-refractivity contribution >= 4 is 12.1 Å². The van der Waals surface area contributed by atoms with Crippen molar-refractivity contribution in [2.75, 3.05) is 13.1 Å². The van der Waals surface area contributed by atoms with Gasteiger partial charge in [-0.2, -0.15) is 0 Å². The van der Waals surface area contributed by atoms with Crippen LogP contribution in [0.25, 0.3) is 0 Å². The first-order valence-electron chi connectivity index (χ1n) is 5.98. The molecular weight excluding hydrogens is 202 g/mol. The number of amides is 1. The van der Waals surface area contributed by atoms with Crippen LogP contribution in [0.1, 0.15) is 25.7 Å². The largest absolute Gasteiger partial charge is 0.369 e. The molecule has 1 saturated carbocycles. The Morgan fingerprint density at radius 2 is 2.25 bits per heavy atom. The average Bonchev–Trinajstić information content (AvgIpc) is 2.77. The third kappa shape index (κ3) is 1.44.